The summed E-state index contributed by atoms with van der Waals surface area (Å²) in [4.78, 5) is 16.4. The van der Waals surface area contributed by atoms with Gasteiger partial charge in [0.1, 0.15) is 0 Å². The van der Waals surface area contributed by atoms with E-state index in [0.717, 1.165) is 60.3 Å². The molecule has 0 unspecified atom stereocenters. The third-order valence-corrected chi connectivity index (χ3v) is 6.87. The molecular weight excluding hydrogens is 502 g/mol. The van der Waals surface area contributed by atoms with Gasteiger partial charge in [-0.25, -0.2) is 9.67 Å². The first kappa shape index (κ1) is 28.9. The molecule has 4 aromatic rings. The van der Waals surface area contributed by atoms with Gasteiger partial charge < -0.3 is 9.47 Å². The molecule has 0 aliphatic heterocycles. The minimum atomic E-state index is -0.184. The fourth-order valence-electron chi connectivity index (χ4n) is 4.69. The van der Waals surface area contributed by atoms with Crippen molar-refractivity contribution in [1.29, 1.82) is 0 Å². The van der Waals surface area contributed by atoms with Crippen molar-refractivity contribution in [3.8, 4) is 28.3 Å². The Balaban J connectivity index is 1.31. The highest BCUT2D eigenvalue weighted by Crippen LogP contribution is 2.30. The third-order valence-electron chi connectivity index (χ3n) is 6.87. The predicted molar refractivity (Wildman–Crippen MR) is 156 cm³/mol. The molecule has 0 saturated carbocycles. The predicted octanol–water partition coefficient (Wildman–Crippen LogP) is 6.66. The summed E-state index contributed by atoms with van der Waals surface area (Å²) in [5.41, 5.74) is 3.99. The van der Waals surface area contributed by atoms with Crippen molar-refractivity contribution >= 4 is 5.97 Å². The van der Waals surface area contributed by atoms with Crippen molar-refractivity contribution in [1.82, 2.24) is 25.2 Å². The number of esters is 1. The van der Waals surface area contributed by atoms with Crippen molar-refractivity contribution in [2.75, 3.05) is 13.2 Å². The highest BCUT2D eigenvalue weighted by Gasteiger charge is 2.27. The summed E-state index contributed by atoms with van der Waals surface area (Å²) in [6, 6.07) is 24.6. The van der Waals surface area contributed by atoms with E-state index >= 15 is 0 Å². The summed E-state index contributed by atoms with van der Waals surface area (Å²) >= 11 is 0. The number of nitrogens with zero attached hydrogens (tertiary/aromatic N) is 5. The number of carbonyl (C=O) groups excluding carboxylic acids is 1. The van der Waals surface area contributed by atoms with Gasteiger partial charge in [-0.3, -0.25) is 4.79 Å². The zero-order valence-electron chi connectivity index (χ0n) is 23.8. The van der Waals surface area contributed by atoms with E-state index in [1.165, 1.54) is 0 Å². The van der Waals surface area contributed by atoms with E-state index in [4.69, 9.17) is 14.5 Å². The highest BCUT2D eigenvalue weighted by molar-refractivity contribution is 5.71. The lowest BCUT2D eigenvalue weighted by molar-refractivity contribution is -0.143. The number of benzene rings is 2. The first-order valence-corrected chi connectivity index (χ1v) is 14.1. The van der Waals surface area contributed by atoms with Gasteiger partial charge in [0.05, 0.1) is 18.9 Å². The second-order valence-electron chi connectivity index (χ2n) is 10.5. The maximum Gasteiger partial charge on any atom is 0.305 e. The lowest BCUT2D eigenvalue weighted by Gasteiger charge is -2.23. The van der Waals surface area contributed by atoms with Gasteiger partial charge in [-0.05, 0) is 66.6 Å². The van der Waals surface area contributed by atoms with Crippen molar-refractivity contribution in [2.24, 2.45) is 0 Å². The largest absolute Gasteiger partial charge is 0.478 e. The molecule has 0 N–H and O–H groups in total. The SMILES string of the molecule is CCOC(=O)CCCCn1nnnc1C(C)(C)CCCCOc1cc(-c2ccccc2)cc(-c2ccccc2)n1. The van der Waals surface area contributed by atoms with E-state index in [2.05, 4.69) is 59.7 Å². The number of aromatic nitrogens is 5. The maximum absolute atomic E-state index is 11.6. The first-order valence-electron chi connectivity index (χ1n) is 14.1. The average Bonchev–Trinajstić information content (AvgIpc) is 3.46. The van der Waals surface area contributed by atoms with Crippen molar-refractivity contribution < 1.29 is 14.3 Å². The molecule has 40 heavy (non-hydrogen) atoms. The Kier molecular flexibility index (Phi) is 10.4. The van der Waals surface area contributed by atoms with E-state index < -0.39 is 0 Å². The van der Waals surface area contributed by atoms with Gasteiger partial charge in [0, 0.05) is 30.0 Å². The molecule has 4 rings (SSSR count). The number of aryl methyl sites for hydroxylation is 1. The molecule has 0 aliphatic carbocycles. The Labute approximate surface area is 236 Å². The molecule has 0 saturated heterocycles. The van der Waals surface area contributed by atoms with Gasteiger partial charge in [-0.15, -0.1) is 5.10 Å². The molecule has 8 heteroatoms. The Morgan fingerprint density at radius 3 is 2.33 bits per heavy atom. The van der Waals surface area contributed by atoms with Crippen molar-refractivity contribution in [2.45, 2.75) is 71.3 Å². The highest BCUT2D eigenvalue weighted by atomic mass is 16.5. The number of unbranched alkanes of at least 4 members (excludes halogenated alkanes) is 2. The monoisotopic (exact) mass is 541 g/mol. The minimum absolute atomic E-state index is 0.153. The Morgan fingerprint density at radius 1 is 0.875 bits per heavy atom. The van der Waals surface area contributed by atoms with Gasteiger partial charge in [0.2, 0.25) is 5.88 Å². The van der Waals surface area contributed by atoms with E-state index in [9.17, 15) is 4.79 Å². The zero-order chi connectivity index (χ0) is 28.2. The van der Waals surface area contributed by atoms with Crippen LogP contribution in [0.25, 0.3) is 22.4 Å². The van der Waals surface area contributed by atoms with Crippen LogP contribution in [0.5, 0.6) is 5.88 Å². The van der Waals surface area contributed by atoms with Crippen LogP contribution in [0.15, 0.2) is 72.8 Å². The fourth-order valence-corrected chi connectivity index (χ4v) is 4.69. The van der Waals surface area contributed by atoms with Crippen LogP contribution in [0.2, 0.25) is 0 Å². The molecule has 0 bridgehead atoms. The second kappa shape index (κ2) is 14.4. The number of ether oxygens (including phenoxy) is 2. The number of hydrogen-bond acceptors (Lipinski definition) is 7. The molecule has 0 atom stereocenters. The molecule has 0 fully saturated rings. The van der Waals surface area contributed by atoms with Crippen molar-refractivity contribution in [3.63, 3.8) is 0 Å². The quantitative estimate of drug-likeness (QED) is 0.123. The number of tetrazole rings is 1. The maximum atomic E-state index is 11.6. The molecule has 0 aliphatic rings. The van der Waals surface area contributed by atoms with E-state index in [1.54, 1.807) is 0 Å². The number of rotatable bonds is 15. The molecule has 0 spiro atoms. The van der Waals surface area contributed by atoms with E-state index in [-0.39, 0.29) is 11.4 Å². The smallest absolute Gasteiger partial charge is 0.305 e. The molecule has 2 heterocycles. The van der Waals surface area contributed by atoms with Crippen LogP contribution in [0.3, 0.4) is 0 Å². The minimum Gasteiger partial charge on any atom is -0.478 e. The number of carbonyl (C=O) groups is 1. The molecule has 0 amide bonds. The van der Waals surface area contributed by atoms with Crippen LogP contribution in [-0.4, -0.2) is 44.4 Å². The molecule has 8 nitrogen and oxygen atoms in total. The van der Waals surface area contributed by atoms with Gasteiger partial charge in [0.15, 0.2) is 5.82 Å². The van der Waals surface area contributed by atoms with E-state index in [1.807, 2.05) is 54.1 Å². The lowest BCUT2D eigenvalue weighted by Crippen LogP contribution is -2.24. The van der Waals surface area contributed by atoms with E-state index in [0.29, 0.717) is 32.1 Å². The van der Waals surface area contributed by atoms with Crippen LogP contribution in [0.1, 0.15) is 65.1 Å². The first-order chi connectivity index (χ1) is 19.5. The van der Waals surface area contributed by atoms with Gasteiger partial charge in [-0.1, -0.05) is 74.5 Å². The normalized spacial score (nSPS) is 11.4. The summed E-state index contributed by atoms with van der Waals surface area (Å²) < 4.78 is 13.0. The van der Waals surface area contributed by atoms with Crippen LogP contribution in [0, 0.1) is 0 Å². The second-order valence-corrected chi connectivity index (χ2v) is 10.5. The van der Waals surface area contributed by atoms with Gasteiger partial charge in [-0.2, -0.15) is 0 Å². The Bertz CT molecular complexity index is 1280. The zero-order valence-corrected chi connectivity index (χ0v) is 23.8. The molecule has 210 valence electrons. The summed E-state index contributed by atoms with van der Waals surface area (Å²) in [5, 5.41) is 12.4. The molecular formula is C32H39N5O3. The topological polar surface area (TPSA) is 92.0 Å². The van der Waals surface area contributed by atoms with Crippen LogP contribution in [-0.2, 0) is 21.5 Å². The van der Waals surface area contributed by atoms with Crippen molar-refractivity contribution in [3.05, 3.63) is 78.6 Å². The third kappa shape index (κ3) is 8.21. The number of hydrogen-bond donors (Lipinski definition) is 0. The summed E-state index contributed by atoms with van der Waals surface area (Å²) in [5.74, 6) is 1.35. The molecule has 2 aromatic heterocycles. The van der Waals surface area contributed by atoms with Crippen LogP contribution < -0.4 is 4.74 Å². The summed E-state index contributed by atoms with van der Waals surface area (Å²) in [7, 11) is 0. The molecule has 0 radical (unpaired) electrons. The average molecular weight is 542 g/mol. The lowest BCUT2D eigenvalue weighted by atomic mass is 9.86. The standard InChI is InChI=1S/C32H39N5O3/c1-4-39-30(38)19-11-13-21-37-31(34-35-36-37)32(2,3)20-12-14-22-40-29-24-27(25-15-7-5-8-16-25)23-28(33-29)26-17-9-6-10-18-26/h5-10,15-18,23-24H,4,11-14,19-22H2,1-3H3. The summed E-state index contributed by atoms with van der Waals surface area (Å²) in [6.45, 7) is 7.84. The number of pyridine rings is 1. The Morgan fingerprint density at radius 2 is 1.60 bits per heavy atom. The van der Waals surface area contributed by atoms with Gasteiger partial charge in [0.25, 0.3) is 0 Å². The van der Waals surface area contributed by atoms with Crippen LogP contribution in [0.4, 0.5) is 0 Å². The van der Waals surface area contributed by atoms with Gasteiger partial charge >= 0.3 is 5.97 Å². The Hall–Kier alpha value is -4.07. The van der Waals surface area contributed by atoms with Crippen LogP contribution >= 0.6 is 0 Å². The fraction of sp³-hybridized carbons (Fsp3) is 0.406. The summed E-state index contributed by atoms with van der Waals surface area (Å²) in [6.07, 6.45) is 4.77. The molecule has 2 aromatic carbocycles.